The fourth-order valence-corrected chi connectivity index (χ4v) is 4.86. The number of hydrogen-bond donors (Lipinski definition) is 1. The summed E-state index contributed by atoms with van der Waals surface area (Å²) in [5.41, 5.74) is 0.413. The lowest BCUT2D eigenvalue weighted by Crippen LogP contribution is -2.45. The Morgan fingerprint density at radius 1 is 1.24 bits per heavy atom. The number of nitrogens with one attached hydrogen (secondary N) is 1. The number of ether oxygens (including phenoxy) is 1. The van der Waals surface area contributed by atoms with E-state index in [1.54, 1.807) is 30.3 Å². The number of sulfone groups is 1. The average molecular weight is 425 g/mol. The molecule has 8 nitrogen and oxygen atoms in total. The highest BCUT2D eigenvalue weighted by Crippen LogP contribution is 2.18. The van der Waals surface area contributed by atoms with E-state index in [0.29, 0.717) is 18.5 Å². The van der Waals surface area contributed by atoms with Crippen LogP contribution >= 0.6 is 0 Å². The molecule has 0 saturated carbocycles. The summed E-state index contributed by atoms with van der Waals surface area (Å²) in [4.78, 5) is 38.4. The summed E-state index contributed by atoms with van der Waals surface area (Å²) >= 11 is 0. The first kappa shape index (κ1) is 22.9. The van der Waals surface area contributed by atoms with E-state index in [2.05, 4.69) is 5.32 Å². The number of carbonyl (C=O) groups excluding carboxylic acids is 3. The van der Waals surface area contributed by atoms with Crippen molar-refractivity contribution in [2.45, 2.75) is 45.2 Å². The molecule has 0 aliphatic carbocycles. The molecule has 0 bridgehead atoms. The Kier molecular flexibility index (Phi) is 8.19. The van der Waals surface area contributed by atoms with Gasteiger partial charge in [-0.2, -0.15) is 0 Å². The second-order valence-corrected chi connectivity index (χ2v) is 9.40. The van der Waals surface area contributed by atoms with Gasteiger partial charge in [-0.1, -0.05) is 31.5 Å². The zero-order valence-electron chi connectivity index (χ0n) is 16.8. The summed E-state index contributed by atoms with van der Waals surface area (Å²) in [5, 5.41) is 2.53. The van der Waals surface area contributed by atoms with Crippen molar-refractivity contribution in [3.8, 4) is 0 Å². The Bertz CT molecular complexity index is 825. The molecule has 2 rings (SSSR count). The molecule has 1 aromatic rings. The van der Waals surface area contributed by atoms with Gasteiger partial charge < -0.3 is 15.0 Å². The van der Waals surface area contributed by atoms with Gasteiger partial charge in [0, 0.05) is 18.2 Å². The number of rotatable bonds is 9. The van der Waals surface area contributed by atoms with Crippen LogP contribution in [-0.4, -0.2) is 67.8 Å². The number of carbonyl (C=O) groups is 3. The van der Waals surface area contributed by atoms with Gasteiger partial charge >= 0.3 is 5.97 Å². The Balaban J connectivity index is 1.89. The van der Waals surface area contributed by atoms with Crippen molar-refractivity contribution in [3.05, 3.63) is 35.9 Å². The smallest absolute Gasteiger partial charge is 0.328 e. The number of nitrogens with zero attached hydrogens (tertiary/aromatic N) is 1. The lowest BCUT2D eigenvalue weighted by atomic mass is 10.2. The summed E-state index contributed by atoms with van der Waals surface area (Å²) < 4.78 is 28.6. The average Bonchev–Trinajstić information content (AvgIpc) is 3.06. The molecule has 1 aromatic carbocycles. The van der Waals surface area contributed by atoms with Crippen LogP contribution in [0.1, 0.15) is 43.5 Å². The second kappa shape index (κ2) is 10.4. The zero-order chi connectivity index (χ0) is 21.4. The van der Waals surface area contributed by atoms with Crippen molar-refractivity contribution < 1.29 is 27.5 Å². The van der Waals surface area contributed by atoms with Crippen LogP contribution in [-0.2, 0) is 24.2 Å². The van der Waals surface area contributed by atoms with E-state index >= 15 is 0 Å². The van der Waals surface area contributed by atoms with Gasteiger partial charge in [0.15, 0.2) is 16.4 Å². The minimum atomic E-state index is -3.13. The van der Waals surface area contributed by atoms with Crippen molar-refractivity contribution >= 4 is 27.6 Å². The fourth-order valence-electron chi connectivity index (χ4n) is 3.13. The van der Waals surface area contributed by atoms with Gasteiger partial charge in [-0.3, -0.25) is 9.59 Å². The van der Waals surface area contributed by atoms with E-state index in [9.17, 15) is 22.8 Å². The Morgan fingerprint density at radius 2 is 1.93 bits per heavy atom. The van der Waals surface area contributed by atoms with Crippen molar-refractivity contribution in [3.63, 3.8) is 0 Å². The predicted molar refractivity (Wildman–Crippen MR) is 108 cm³/mol. The van der Waals surface area contributed by atoms with Crippen molar-refractivity contribution in [1.29, 1.82) is 0 Å². The molecular formula is C20H28N2O6S. The molecule has 29 heavy (non-hydrogen) atoms. The van der Waals surface area contributed by atoms with E-state index in [1.165, 1.54) is 11.8 Å². The molecule has 1 heterocycles. The standard InChI is InChI=1S/C20H28N2O6S/c1-3-4-11-22(17-10-12-29(26,27)14-17)18(23)13-28-20(25)15(2)21-19(24)16-8-6-5-7-9-16/h5-9,15,17H,3-4,10-14H2,1-2H3,(H,21,24). The van der Waals surface area contributed by atoms with Crippen LogP contribution in [0.3, 0.4) is 0 Å². The summed E-state index contributed by atoms with van der Waals surface area (Å²) in [6.45, 7) is 3.40. The van der Waals surface area contributed by atoms with Gasteiger partial charge in [0.25, 0.3) is 11.8 Å². The van der Waals surface area contributed by atoms with Crippen molar-refractivity contribution in [1.82, 2.24) is 10.2 Å². The molecule has 160 valence electrons. The largest absolute Gasteiger partial charge is 0.454 e. The maximum absolute atomic E-state index is 12.6. The number of hydrogen-bond acceptors (Lipinski definition) is 6. The highest BCUT2D eigenvalue weighted by Gasteiger charge is 2.34. The lowest BCUT2D eigenvalue weighted by molar-refractivity contribution is -0.154. The number of amides is 2. The Labute approximate surface area is 171 Å². The van der Waals surface area contributed by atoms with E-state index < -0.39 is 40.3 Å². The third-order valence-electron chi connectivity index (χ3n) is 4.80. The third-order valence-corrected chi connectivity index (χ3v) is 6.55. The van der Waals surface area contributed by atoms with Gasteiger partial charge in [0.1, 0.15) is 6.04 Å². The number of benzene rings is 1. The SMILES string of the molecule is CCCCN(C(=O)COC(=O)C(C)NC(=O)c1ccccc1)C1CCS(=O)(=O)C1. The molecule has 1 N–H and O–H groups in total. The molecule has 2 unspecified atom stereocenters. The first-order valence-electron chi connectivity index (χ1n) is 9.76. The minimum absolute atomic E-state index is 0.0556. The lowest BCUT2D eigenvalue weighted by Gasteiger charge is -2.28. The van der Waals surface area contributed by atoms with Crippen LogP contribution in [0.5, 0.6) is 0 Å². The summed E-state index contributed by atoms with van der Waals surface area (Å²) in [7, 11) is -3.13. The number of unbranched alkanes of at least 4 members (excludes halogenated alkanes) is 1. The van der Waals surface area contributed by atoms with Crippen LogP contribution < -0.4 is 5.32 Å². The molecule has 2 atom stereocenters. The van der Waals surface area contributed by atoms with Crippen LogP contribution in [0.25, 0.3) is 0 Å². The third kappa shape index (κ3) is 6.85. The van der Waals surface area contributed by atoms with E-state index in [0.717, 1.165) is 12.8 Å². The topological polar surface area (TPSA) is 110 Å². The van der Waals surface area contributed by atoms with Gasteiger partial charge in [-0.25, -0.2) is 13.2 Å². The van der Waals surface area contributed by atoms with Crippen molar-refractivity contribution in [2.24, 2.45) is 0 Å². The number of esters is 1. The maximum atomic E-state index is 12.6. The first-order chi connectivity index (χ1) is 13.7. The highest BCUT2D eigenvalue weighted by atomic mass is 32.2. The molecule has 0 radical (unpaired) electrons. The molecule has 2 amide bonds. The molecule has 0 aromatic heterocycles. The minimum Gasteiger partial charge on any atom is -0.454 e. The van der Waals surface area contributed by atoms with Crippen LogP contribution in [0.15, 0.2) is 30.3 Å². The maximum Gasteiger partial charge on any atom is 0.328 e. The Morgan fingerprint density at radius 3 is 2.52 bits per heavy atom. The monoisotopic (exact) mass is 424 g/mol. The fraction of sp³-hybridized carbons (Fsp3) is 0.550. The second-order valence-electron chi connectivity index (χ2n) is 7.17. The van der Waals surface area contributed by atoms with Crippen LogP contribution in [0.4, 0.5) is 0 Å². The summed E-state index contributed by atoms with van der Waals surface area (Å²) in [5.74, 6) is -1.55. The Hall–Kier alpha value is -2.42. The summed E-state index contributed by atoms with van der Waals surface area (Å²) in [6.07, 6.45) is 1.99. The zero-order valence-corrected chi connectivity index (χ0v) is 17.6. The predicted octanol–water partition coefficient (Wildman–Crippen LogP) is 1.16. The van der Waals surface area contributed by atoms with E-state index in [-0.39, 0.29) is 17.5 Å². The molecule has 1 saturated heterocycles. The van der Waals surface area contributed by atoms with E-state index in [1.807, 2.05) is 6.92 Å². The van der Waals surface area contributed by atoms with Gasteiger partial charge in [-0.05, 0) is 31.9 Å². The molecule has 9 heteroatoms. The molecular weight excluding hydrogens is 396 g/mol. The first-order valence-corrected chi connectivity index (χ1v) is 11.6. The normalized spacial score (nSPS) is 18.6. The van der Waals surface area contributed by atoms with Crippen molar-refractivity contribution in [2.75, 3.05) is 24.7 Å². The summed E-state index contributed by atoms with van der Waals surface area (Å²) in [6, 6.07) is 7.14. The molecule has 0 spiro atoms. The van der Waals surface area contributed by atoms with Gasteiger partial charge in [0.05, 0.1) is 11.5 Å². The van der Waals surface area contributed by atoms with Crippen LogP contribution in [0, 0.1) is 0 Å². The highest BCUT2D eigenvalue weighted by molar-refractivity contribution is 7.91. The molecule has 1 aliphatic rings. The molecule has 1 aliphatic heterocycles. The quantitative estimate of drug-likeness (QED) is 0.596. The van der Waals surface area contributed by atoms with Gasteiger partial charge in [0.2, 0.25) is 0 Å². The van der Waals surface area contributed by atoms with Crippen LogP contribution in [0.2, 0.25) is 0 Å². The molecule has 1 fully saturated rings. The van der Waals surface area contributed by atoms with E-state index in [4.69, 9.17) is 4.74 Å². The van der Waals surface area contributed by atoms with Gasteiger partial charge in [-0.15, -0.1) is 0 Å².